The summed E-state index contributed by atoms with van der Waals surface area (Å²) in [6.45, 7) is 2.04. The van der Waals surface area contributed by atoms with Crippen LogP contribution in [0.5, 0.6) is 0 Å². The van der Waals surface area contributed by atoms with Gasteiger partial charge in [0.25, 0.3) is 0 Å². The van der Waals surface area contributed by atoms with Crippen LogP contribution >= 0.6 is 0 Å². The van der Waals surface area contributed by atoms with Crippen molar-refractivity contribution in [2.45, 2.75) is 26.1 Å². The van der Waals surface area contributed by atoms with Crippen LogP contribution in [0.2, 0.25) is 0 Å². The van der Waals surface area contributed by atoms with E-state index in [1.165, 1.54) is 16.7 Å². The molecule has 9 heteroatoms. The molecule has 0 radical (unpaired) electrons. The van der Waals surface area contributed by atoms with Gasteiger partial charge in [-0.3, -0.25) is 14.5 Å². The molecule has 1 aromatic heterocycles. The molecule has 0 spiro atoms. The normalized spacial score (nSPS) is 11.6. The summed E-state index contributed by atoms with van der Waals surface area (Å²) in [5.41, 5.74) is 4.57. The molecule has 0 unspecified atom stereocenters. The van der Waals surface area contributed by atoms with E-state index in [1.54, 1.807) is 24.3 Å². The SMILES string of the molecule is COC(=O)c1ccc(N(C(=O)Cn2nnc3ccccc32)[C@@H](C(=O)NCc2ccccc2)c2ccccc2C)cc1. The highest BCUT2D eigenvalue weighted by molar-refractivity contribution is 6.02. The van der Waals surface area contributed by atoms with Crippen LogP contribution in [-0.4, -0.2) is 39.9 Å². The molecule has 2 amide bonds. The summed E-state index contributed by atoms with van der Waals surface area (Å²) in [5, 5.41) is 11.4. The molecule has 1 atom stereocenters. The molecule has 5 aromatic rings. The predicted molar refractivity (Wildman–Crippen MR) is 155 cm³/mol. The maximum Gasteiger partial charge on any atom is 0.337 e. The smallest absolute Gasteiger partial charge is 0.337 e. The lowest BCUT2D eigenvalue weighted by atomic mass is 9.97. The zero-order valence-electron chi connectivity index (χ0n) is 22.7. The van der Waals surface area contributed by atoms with Crippen molar-refractivity contribution in [3.05, 3.63) is 125 Å². The van der Waals surface area contributed by atoms with E-state index in [9.17, 15) is 14.4 Å². The Balaban J connectivity index is 1.58. The van der Waals surface area contributed by atoms with Crippen molar-refractivity contribution in [3.8, 4) is 0 Å². The van der Waals surface area contributed by atoms with Gasteiger partial charge in [0.05, 0.1) is 18.2 Å². The Kier molecular flexibility index (Phi) is 8.15. The summed E-state index contributed by atoms with van der Waals surface area (Å²) in [7, 11) is 1.31. The number of aryl methyl sites for hydroxylation is 1. The second kappa shape index (κ2) is 12.3. The predicted octanol–water partition coefficient (Wildman–Crippen LogP) is 4.62. The van der Waals surface area contributed by atoms with Crippen LogP contribution in [0.3, 0.4) is 0 Å². The van der Waals surface area contributed by atoms with Gasteiger partial charge in [-0.2, -0.15) is 0 Å². The van der Waals surface area contributed by atoms with Crippen LogP contribution in [0, 0.1) is 6.92 Å². The zero-order chi connectivity index (χ0) is 28.8. The molecule has 206 valence electrons. The summed E-state index contributed by atoms with van der Waals surface area (Å²) in [4.78, 5) is 41.8. The van der Waals surface area contributed by atoms with Gasteiger partial charge >= 0.3 is 5.97 Å². The fraction of sp³-hybridized carbons (Fsp3) is 0.156. The second-order valence-electron chi connectivity index (χ2n) is 9.50. The summed E-state index contributed by atoms with van der Waals surface area (Å²) < 4.78 is 6.36. The number of nitrogens with zero attached hydrogens (tertiary/aromatic N) is 4. The van der Waals surface area contributed by atoms with Crippen LogP contribution in [0.4, 0.5) is 5.69 Å². The number of carbonyl (C=O) groups is 3. The molecule has 41 heavy (non-hydrogen) atoms. The van der Waals surface area contributed by atoms with E-state index < -0.39 is 12.0 Å². The summed E-state index contributed by atoms with van der Waals surface area (Å²) in [6.07, 6.45) is 0. The van der Waals surface area contributed by atoms with Gasteiger partial charge < -0.3 is 10.1 Å². The number of benzene rings is 4. The lowest BCUT2D eigenvalue weighted by Crippen LogP contribution is -2.45. The summed E-state index contributed by atoms with van der Waals surface area (Å²) in [6, 6.07) is 29.8. The summed E-state index contributed by atoms with van der Waals surface area (Å²) >= 11 is 0. The van der Waals surface area contributed by atoms with Crippen LogP contribution in [0.25, 0.3) is 11.0 Å². The van der Waals surface area contributed by atoms with Gasteiger partial charge in [-0.05, 0) is 60.0 Å². The monoisotopic (exact) mass is 547 g/mol. The van der Waals surface area contributed by atoms with Crippen molar-refractivity contribution in [1.29, 1.82) is 0 Å². The van der Waals surface area contributed by atoms with E-state index in [1.807, 2.05) is 85.8 Å². The standard InChI is InChI=1S/C32H29N5O4/c1-22-10-6-7-13-26(22)30(31(39)33-20-23-11-4-3-5-12-23)37(25-18-16-24(17-19-25)32(40)41-2)29(38)21-36-28-15-9-8-14-27(28)34-35-36/h3-19,30H,20-21H2,1-2H3,(H,33,39)/t30-/m1/s1. The number of amides is 2. The van der Waals surface area contributed by atoms with E-state index in [-0.39, 0.29) is 18.4 Å². The fourth-order valence-corrected chi connectivity index (χ4v) is 4.72. The van der Waals surface area contributed by atoms with Crippen LogP contribution < -0.4 is 10.2 Å². The van der Waals surface area contributed by atoms with Crippen molar-refractivity contribution >= 4 is 34.5 Å². The molecule has 0 saturated carbocycles. The molecule has 1 heterocycles. The van der Waals surface area contributed by atoms with E-state index in [4.69, 9.17) is 4.74 Å². The highest BCUT2D eigenvalue weighted by Gasteiger charge is 2.34. The fourth-order valence-electron chi connectivity index (χ4n) is 4.72. The molecule has 0 aliphatic heterocycles. The Morgan fingerprint density at radius 3 is 2.29 bits per heavy atom. The first-order valence-electron chi connectivity index (χ1n) is 13.1. The number of hydrogen-bond donors (Lipinski definition) is 1. The summed E-state index contributed by atoms with van der Waals surface area (Å²) in [5.74, 6) is -1.23. The van der Waals surface area contributed by atoms with Crippen molar-refractivity contribution in [2.75, 3.05) is 12.0 Å². The number of nitrogens with one attached hydrogen (secondary N) is 1. The van der Waals surface area contributed by atoms with Crippen molar-refractivity contribution < 1.29 is 19.1 Å². The number of esters is 1. The topological polar surface area (TPSA) is 106 Å². The van der Waals surface area contributed by atoms with E-state index in [0.717, 1.165) is 11.1 Å². The first-order chi connectivity index (χ1) is 20.0. The number of rotatable bonds is 9. The maximum absolute atomic E-state index is 14.2. The number of aromatic nitrogens is 3. The third kappa shape index (κ3) is 5.99. The Morgan fingerprint density at radius 1 is 0.878 bits per heavy atom. The van der Waals surface area contributed by atoms with Crippen molar-refractivity contribution in [3.63, 3.8) is 0 Å². The molecule has 0 saturated heterocycles. The zero-order valence-corrected chi connectivity index (χ0v) is 22.7. The Morgan fingerprint density at radius 2 is 1.56 bits per heavy atom. The minimum atomic E-state index is -1.01. The van der Waals surface area contributed by atoms with Crippen molar-refractivity contribution in [1.82, 2.24) is 20.3 Å². The van der Waals surface area contributed by atoms with Crippen LogP contribution in [0.15, 0.2) is 103 Å². The van der Waals surface area contributed by atoms with Gasteiger partial charge in [0.15, 0.2) is 0 Å². The van der Waals surface area contributed by atoms with Crippen molar-refractivity contribution in [2.24, 2.45) is 0 Å². The molecule has 0 aliphatic rings. The Hall–Kier alpha value is -5.31. The molecule has 4 aromatic carbocycles. The molecule has 0 fully saturated rings. The first-order valence-corrected chi connectivity index (χ1v) is 13.1. The third-order valence-electron chi connectivity index (χ3n) is 6.84. The quantitative estimate of drug-likeness (QED) is 0.270. The number of para-hydroxylation sites is 1. The lowest BCUT2D eigenvalue weighted by molar-refractivity contribution is -0.127. The number of fused-ring (bicyclic) bond motifs is 1. The van der Waals surface area contributed by atoms with Gasteiger partial charge in [0.1, 0.15) is 18.1 Å². The third-order valence-corrected chi connectivity index (χ3v) is 6.84. The number of carbonyl (C=O) groups excluding carboxylic acids is 3. The molecule has 0 aliphatic carbocycles. The lowest BCUT2D eigenvalue weighted by Gasteiger charge is -2.32. The Bertz CT molecular complexity index is 1680. The molecular formula is C32H29N5O4. The molecule has 9 nitrogen and oxygen atoms in total. The molecule has 0 bridgehead atoms. The van der Waals surface area contributed by atoms with E-state index in [0.29, 0.717) is 34.4 Å². The number of ether oxygens (including phenoxy) is 1. The minimum absolute atomic E-state index is 0.159. The molecule has 1 N–H and O–H groups in total. The van der Waals surface area contributed by atoms with Gasteiger partial charge in [0.2, 0.25) is 11.8 Å². The second-order valence-corrected chi connectivity index (χ2v) is 9.50. The average molecular weight is 548 g/mol. The highest BCUT2D eigenvalue weighted by atomic mass is 16.5. The average Bonchev–Trinajstić information content (AvgIpc) is 3.42. The van der Waals surface area contributed by atoms with Gasteiger partial charge in [-0.25, -0.2) is 9.48 Å². The number of hydrogen-bond acceptors (Lipinski definition) is 6. The maximum atomic E-state index is 14.2. The molecule has 5 rings (SSSR count). The van der Waals surface area contributed by atoms with Gasteiger partial charge in [-0.1, -0.05) is 71.9 Å². The highest BCUT2D eigenvalue weighted by Crippen LogP contribution is 2.31. The largest absolute Gasteiger partial charge is 0.465 e. The van der Waals surface area contributed by atoms with E-state index >= 15 is 0 Å². The molecular weight excluding hydrogens is 518 g/mol. The Labute approximate surface area is 237 Å². The number of anilines is 1. The first kappa shape index (κ1) is 27.3. The van der Waals surface area contributed by atoms with Gasteiger partial charge in [0, 0.05) is 12.2 Å². The number of methoxy groups -OCH3 is 1. The van der Waals surface area contributed by atoms with E-state index in [2.05, 4.69) is 15.6 Å². The van der Waals surface area contributed by atoms with Crippen LogP contribution in [-0.2, 0) is 27.4 Å². The van der Waals surface area contributed by atoms with Crippen LogP contribution in [0.1, 0.15) is 33.1 Å². The minimum Gasteiger partial charge on any atom is -0.465 e. The van der Waals surface area contributed by atoms with Gasteiger partial charge in [-0.15, -0.1) is 5.10 Å².